The average Bonchev–Trinajstić information content (AvgIpc) is 2.41. The molecule has 1 saturated carbocycles. The van der Waals surface area contributed by atoms with Gasteiger partial charge >= 0.3 is 5.97 Å². The SMILES string of the molecule is CC1CCC(NC(=O)c2ccc(N)cc2F)(C(=O)O)CC1. The first kappa shape index (κ1) is 15.3. The van der Waals surface area contributed by atoms with E-state index in [0.29, 0.717) is 18.8 Å². The Morgan fingerprint density at radius 1 is 1.38 bits per heavy atom. The number of carboxylic acids is 1. The molecule has 4 N–H and O–H groups in total. The summed E-state index contributed by atoms with van der Waals surface area (Å²) >= 11 is 0. The second-order valence-corrected chi connectivity index (χ2v) is 5.76. The molecule has 0 bridgehead atoms. The van der Waals surface area contributed by atoms with E-state index < -0.39 is 23.2 Å². The summed E-state index contributed by atoms with van der Waals surface area (Å²) in [7, 11) is 0. The van der Waals surface area contributed by atoms with E-state index in [1.807, 2.05) is 6.92 Å². The van der Waals surface area contributed by atoms with Crippen LogP contribution in [0.25, 0.3) is 0 Å². The third-order valence-electron chi connectivity index (χ3n) is 4.13. The number of rotatable bonds is 3. The van der Waals surface area contributed by atoms with Crippen molar-refractivity contribution in [2.24, 2.45) is 5.92 Å². The molecule has 0 aromatic heterocycles. The van der Waals surface area contributed by atoms with Crippen molar-refractivity contribution >= 4 is 17.6 Å². The first-order chi connectivity index (χ1) is 9.84. The maximum absolute atomic E-state index is 13.8. The Hall–Kier alpha value is -2.11. The van der Waals surface area contributed by atoms with Crippen molar-refractivity contribution in [3.05, 3.63) is 29.6 Å². The van der Waals surface area contributed by atoms with Crippen LogP contribution in [-0.4, -0.2) is 22.5 Å². The number of hydrogen-bond donors (Lipinski definition) is 3. The molecule has 1 aliphatic rings. The van der Waals surface area contributed by atoms with Crippen molar-refractivity contribution in [1.29, 1.82) is 0 Å². The minimum Gasteiger partial charge on any atom is -0.480 e. The van der Waals surface area contributed by atoms with E-state index in [2.05, 4.69) is 5.32 Å². The fraction of sp³-hybridized carbons (Fsp3) is 0.467. The van der Waals surface area contributed by atoms with E-state index in [9.17, 15) is 19.1 Å². The Balaban J connectivity index is 2.21. The van der Waals surface area contributed by atoms with Gasteiger partial charge in [0.2, 0.25) is 0 Å². The number of nitrogens with two attached hydrogens (primary N) is 1. The second kappa shape index (κ2) is 5.71. The van der Waals surface area contributed by atoms with Crippen molar-refractivity contribution in [2.75, 3.05) is 5.73 Å². The van der Waals surface area contributed by atoms with E-state index in [1.165, 1.54) is 12.1 Å². The zero-order valence-corrected chi connectivity index (χ0v) is 11.9. The number of nitrogens with one attached hydrogen (secondary N) is 1. The molecule has 0 aliphatic heterocycles. The molecule has 114 valence electrons. The quantitative estimate of drug-likeness (QED) is 0.745. The van der Waals surface area contributed by atoms with Gasteiger partial charge in [-0.25, -0.2) is 9.18 Å². The number of amides is 1. The molecular formula is C15H19FN2O3. The molecule has 0 heterocycles. The average molecular weight is 294 g/mol. The van der Waals surface area contributed by atoms with Gasteiger partial charge in [-0.05, 0) is 49.8 Å². The van der Waals surface area contributed by atoms with Crippen molar-refractivity contribution in [1.82, 2.24) is 5.32 Å². The van der Waals surface area contributed by atoms with Crippen LogP contribution in [0.3, 0.4) is 0 Å². The lowest BCUT2D eigenvalue weighted by atomic mass is 9.77. The summed E-state index contributed by atoms with van der Waals surface area (Å²) in [5, 5.41) is 12.0. The van der Waals surface area contributed by atoms with Gasteiger partial charge in [0.25, 0.3) is 5.91 Å². The first-order valence-electron chi connectivity index (χ1n) is 6.95. The summed E-state index contributed by atoms with van der Waals surface area (Å²) in [5.74, 6) is -2.11. The van der Waals surface area contributed by atoms with Gasteiger partial charge in [0.15, 0.2) is 0 Å². The Morgan fingerprint density at radius 2 is 2.00 bits per heavy atom. The van der Waals surface area contributed by atoms with E-state index in [-0.39, 0.29) is 11.3 Å². The lowest BCUT2D eigenvalue weighted by molar-refractivity contribution is -0.146. The lowest BCUT2D eigenvalue weighted by Gasteiger charge is -2.36. The number of halogens is 1. The lowest BCUT2D eigenvalue weighted by Crippen LogP contribution is -2.56. The number of nitrogen functional groups attached to an aromatic ring is 1. The molecule has 1 amide bonds. The molecule has 21 heavy (non-hydrogen) atoms. The highest BCUT2D eigenvalue weighted by Gasteiger charge is 2.42. The van der Waals surface area contributed by atoms with Crippen LogP contribution in [0.1, 0.15) is 43.0 Å². The smallest absolute Gasteiger partial charge is 0.329 e. The Kier molecular flexibility index (Phi) is 4.16. The molecule has 1 aromatic carbocycles. The van der Waals surface area contributed by atoms with E-state index in [0.717, 1.165) is 18.9 Å². The Labute approximate surface area is 122 Å². The number of carbonyl (C=O) groups excluding carboxylic acids is 1. The van der Waals surface area contributed by atoms with Crippen LogP contribution in [0.2, 0.25) is 0 Å². The van der Waals surface area contributed by atoms with Crippen LogP contribution in [0.15, 0.2) is 18.2 Å². The molecule has 6 heteroatoms. The van der Waals surface area contributed by atoms with E-state index in [4.69, 9.17) is 5.73 Å². The zero-order chi connectivity index (χ0) is 15.6. The first-order valence-corrected chi connectivity index (χ1v) is 6.95. The molecule has 1 fully saturated rings. The maximum Gasteiger partial charge on any atom is 0.329 e. The fourth-order valence-corrected chi connectivity index (χ4v) is 2.65. The fourth-order valence-electron chi connectivity index (χ4n) is 2.65. The maximum atomic E-state index is 13.8. The van der Waals surface area contributed by atoms with Gasteiger partial charge in [-0.2, -0.15) is 0 Å². The van der Waals surface area contributed by atoms with Gasteiger partial charge in [-0.1, -0.05) is 6.92 Å². The monoisotopic (exact) mass is 294 g/mol. The topological polar surface area (TPSA) is 92.4 Å². The van der Waals surface area contributed by atoms with E-state index in [1.54, 1.807) is 0 Å². The standard InChI is InChI=1S/C15H19FN2O3/c1-9-4-6-15(7-5-9,14(20)21)18-13(19)11-3-2-10(17)8-12(11)16/h2-3,8-9H,4-7,17H2,1H3,(H,18,19)(H,20,21). The van der Waals surface area contributed by atoms with Gasteiger partial charge in [-0.15, -0.1) is 0 Å². The number of carbonyl (C=O) groups is 2. The molecule has 2 rings (SSSR count). The van der Waals surface area contributed by atoms with Gasteiger partial charge in [-0.3, -0.25) is 4.79 Å². The number of benzene rings is 1. The van der Waals surface area contributed by atoms with Crippen LogP contribution < -0.4 is 11.1 Å². The molecule has 5 nitrogen and oxygen atoms in total. The number of anilines is 1. The highest BCUT2D eigenvalue weighted by molar-refractivity contribution is 5.98. The molecule has 0 radical (unpaired) electrons. The normalized spacial score (nSPS) is 25.3. The summed E-state index contributed by atoms with van der Waals surface area (Å²) in [6.45, 7) is 2.05. The van der Waals surface area contributed by atoms with E-state index >= 15 is 0 Å². The van der Waals surface area contributed by atoms with Gasteiger partial charge in [0, 0.05) is 5.69 Å². The molecule has 0 spiro atoms. The number of carboxylic acid groups (broad SMARTS) is 1. The summed E-state index contributed by atoms with van der Waals surface area (Å²) in [6, 6.07) is 3.72. The zero-order valence-electron chi connectivity index (χ0n) is 11.9. The van der Waals surface area contributed by atoms with Crippen molar-refractivity contribution < 1.29 is 19.1 Å². The molecule has 1 aromatic rings. The highest BCUT2D eigenvalue weighted by atomic mass is 19.1. The molecular weight excluding hydrogens is 275 g/mol. The van der Waals surface area contributed by atoms with Gasteiger partial charge in [0.1, 0.15) is 11.4 Å². The third kappa shape index (κ3) is 3.15. The number of hydrogen-bond acceptors (Lipinski definition) is 3. The largest absolute Gasteiger partial charge is 0.480 e. The predicted octanol–water partition coefficient (Wildman–Crippen LogP) is 2.17. The molecule has 0 atom stereocenters. The van der Waals surface area contributed by atoms with Crippen LogP contribution in [-0.2, 0) is 4.79 Å². The van der Waals surface area contributed by atoms with Crippen LogP contribution in [0.4, 0.5) is 10.1 Å². The predicted molar refractivity (Wildman–Crippen MR) is 76.3 cm³/mol. The molecule has 0 unspecified atom stereocenters. The van der Waals surface area contributed by atoms with Crippen LogP contribution in [0, 0.1) is 11.7 Å². The van der Waals surface area contributed by atoms with Gasteiger partial charge in [0.05, 0.1) is 5.56 Å². The third-order valence-corrected chi connectivity index (χ3v) is 4.13. The Bertz CT molecular complexity index is 566. The summed E-state index contributed by atoms with van der Waals surface area (Å²) < 4.78 is 13.8. The van der Waals surface area contributed by atoms with Crippen molar-refractivity contribution in [2.45, 2.75) is 38.1 Å². The summed E-state index contributed by atoms with van der Waals surface area (Å²) in [5.41, 5.74) is 4.15. The second-order valence-electron chi connectivity index (χ2n) is 5.76. The molecule has 1 aliphatic carbocycles. The summed E-state index contributed by atoms with van der Waals surface area (Å²) in [6.07, 6.45) is 2.14. The highest BCUT2D eigenvalue weighted by Crippen LogP contribution is 2.32. The molecule has 0 saturated heterocycles. The van der Waals surface area contributed by atoms with Gasteiger partial charge < -0.3 is 16.2 Å². The Morgan fingerprint density at radius 3 is 2.52 bits per heavy atom. The summed E-state index contributed by atoms with van der Waals surface area (Å²) in [4.78, 5) is 23.7. The number of aliphatic carboxylic acids is 1. The van der Waals surface area contributed by atoms with Crippen LogP contribution in [0.5, 0.6) is 0 Å². The van der Waals surface area contributed by atoms with Crippen molar-refractivity contribution in [3.8, 4) is 0 Å². The van der Waals surface area contributed by atoms with Crippen LogP contribution >= 0.6 is 0 Å². The van der Waals surface area contributed by atoms with Crippen molar-refractivity contribution in [3.63, 3.8) is 0 Å². The minimum absolute atomic E-state index is 0.191. The minimum atomic E-state index is -1.31.